The Morgan fingerprint density at radius 1 is 1.00 bits per heavy atom. The van der Waals surface area contributed by atoms with Gasteiger partial charge in [-0.25, -0.2) is 4.39 Å². The van der Waals surface area contributed by atoms with Gasteiger partial charge in [-0.05, 0) is 74.2 Å². The first kappa shape index (κ1) is 41.1. The number of ether oxygens (including phenoxy) is 1. The number of unbranched alkanes of at least 4 members (excludes halogenated alkanes) is 3. The third-order valence-corrected chi connectivity index (χ3v) is 12.9. The standard InChI is InChI=1S/C44H51ClFN7O5/c1-43(2)41(44(3,4)42(43)58-31-13-11-27(24-47)33(45)22-31)53-37(54)15-14-35(40(53)57)52-26-29-21-34(46)36(23-32(29)39(52)56)51-19-17-50(18-20-51)16-8-6-5-7-9-30-12-10-28(25-49-30)38(48)55/h10-13,21-23,25,35,41-42H,5-9,14-20,26H2,1-4H3,(H2,48,55)/t35-,41?,42?/m0/s1. The number of aryl methyl sites for hydroxylation is 1. The molecule has 3 aromatic rings. The fourth-order valence-electron chi connectivity index (χ4n) is 9.98. The fraction of sp³-hybridized carbons (Fsp3) is 0.500. The molecule has 7 rings (SSSR count). The lowest BCUT2D eigenvalue weighted by atomic mass is 9.48. The molecule has 1 aromatic heterocycles. The fourth-order valence-corrected chi connectivity index (χ4v) is 10.2. The van der Waals surface area contributed by atoms with Crippen LogP contribution in [0.25, 0.3) is 0 Å². The second-order valence-electron chi connectivity index (χ2n) is 17.2. The Kier molecular flexibility index (Phi) is 11.6. The van der Waals surface area contributed by atoms with Crippen LogP contribution in [0.4, 0.5) is 10.1 Å². The summed E-state index contributed by atoms with van der Waals surface area (Å²) >= 11 is 6.27. The van der Waals surface area contributed by atoms with Crippen molar-refractivity contribution in [3.05, 3.63) is 87.4 Å². The highest BCUT2D eigenvalue weighted by Crippen LogP contribution is 2.58. The van der Waals surface area contributed by atoms with Gasteiger partial charge in [-0.3, -0.25) is 34.0 Å². The van der Waals surface area contributed by atoms with Crippen LogP contribution in [0.3, 0.4) is 0 Å². The van der Waals surface area contributed by atoms with E-state index in [2.05, 4.69) is 9.88 Å². The second kappa shape index (κ2) is 16.3. The number of amides is 4. The highest BCUT2D eigenvalue weighted by molar-refractivity contribution is 6.31. The molecule has 1 atom stereocenters. The van der Waals surface area contributed by atoms with Crippen molar-refractivity contribution in [2.24, 2.45) is 16.6 Å². The second-order valence-corrected chi connectivity index (χ2v) is 17.6. The van der Waals surface area contributed by atoms with E-state index >= 15 is 4.39 Å². The summed E-state index contributed by atoms with van der Waals surface area (Å²) in [7, 11) is 0. The number of hydrogen-bond acceptors (Lipinski definition) is 9. The number of nitrogens with two attached hydrogens (primary N) is 1. The van der Waals surface area contributed by atoms with Gasteiger partial charge < -0.3 is 20.3 Å². The summed E-state index contributed by atoms with van der Waals surface area (Å²) in [4.78, 5) is 64.8. The number of likely N-dealkylation sites (tertiary alicyclic amines) is 1. The van der Waals surface area contributed by atoms with Crippen molar-refractivity contribution in [3.63, 3.8) is 0 Å². The summed E-state index contributed by atoms with van der Waals surface area (Å²) < 4.78 is 22.1. The Bertz CT molecular complexity index is 2130. The first-order chi connectivity index (χ1) is 27.6. The van der Waals surface area contributed by atoms with Gasteiger partial charge in [-0.15, -0.1) is 0 Å². The number of hydrogen-bond donors (Lipinski definition) is 1. The zero-order valence-electron chi connectivity index (χ0n) is 33.6. The maximum Gasteiger partial charge on any atom is 0.255 e. The number of anilines is 1. The molecule has 58 heavy (non-hydrogen) atoms. The van der Waals surface area contributed by atoms with E-state index in [9.17, 15) is 24.4 Å². The van der Waals surface area contributed by atoms with E-state index in [1.807, 2.05) is 44.7 Å². The first-order valence-corrected chi connectivity index (χ1v) is 20.6. The molecule has 0 unspecified atom stereocenters. The number of halogens is 2. The number of piperazine rings is 1. The molecule has 4 amide bonds. The quantitative estimate of drug-likeness (QED) is 0.159. The minimum absolute atomic E-state index is 0.0955. The van der Waals surface area contributed by atoms with Crippen molar-refractivity contribution in [1.82, 2.24) is 19.7 Å². The van der Waals surface area contributed by atoms with Gasteiger partial charge in [0.2, 0.25) is 11.8 Å². The molecule has 306 valence electrons. The number of piperidine rings is 1. The number of aromatic nitrogens is 1. The molecule has 2 N–H and O–H groups in total. The number of fused-ring (bicyclic) bond motifs is 1. The Labute approximate surface area is 344 Å². The van der Waals surface area contributed by atoms with Crippen molar-refractivity contribution in [3.8, 4) is 11.8 Å². The third kappa shape index (κ3) is 7.76. The highest BCUT2D eigenvalue weighted by atomic mass is 35.5. The van der Waals surface area contributed by atoms with Gasteiger partial charge in [0.25, 0.3) is 11.8 Å². The third-order valence-electron chi connectivity index (χ3n) is 12.6. The summed E-state index contributed by atoms with van der Waals surface area (Å²) in [6.07, 6.45) is 6.53. The molecule has 4 aliphatic rings. The minimum Gasteiger partial charge on any atom is -0.489 e. The molecule has 0 spiro atoms. The number of carbonyl (C=O) groups is 4. The maximum atomic E-state index is 15.7. The average Bonchev–Trinajstić information content (AvgIpc) is 3.50. The molecule has 2 aromatic carbocycles. The van der Waals surface area contributed by atoms with Crippen molar-refractivity contribution < 1.29 is 28.3 Å². The maximum absolute atomic E-state index is 15.7. The van der Waals surface area contributed by atoms with E-state index in [4.69, 9.17) is 22.1 Å². The van der Waals surface area contributed by atoms with Gasteiger partial charge in [0.15, 0.2) is 0 Å². The minimum atomic E-state index is -0.858. The topological polar surface area (TPSA) is 153 Å². The summed E-state index contributed by atoms with van der Waals surface area (Å²) in [6, 6.07) is 12.2. The molecular formula is C44H51ClFN7O5. The SMILES string of the molecule is CC1(C)C(Oc2ccc(C#N)c(Cl)c2)C(C)(C)C1N1C(=O)CC[C@H](N2Cc3cc(F)c(N4CCN(CCCCCCc5ccc(C(N)=O)cn5)CC4)cc3C2=O)C1=O. The van der Waals surface area contributed by atoms with Crippen LogP contribution in [0.1, 0.15) is 104 Å². The molecule has 3 aliphatic heterocycles. The van der Waals surface area contributed by atoms with Gasteiger partial charge >= 0.3 is 0 Å². The highest BCUT2D eigenvalue weighted by Gasteiger charge is 2.68. The normalized spacial score (nSPS) is 22.7. The molecule has 14 heteroatoms. The van der Waals surface area contributed by atoms with Gasteiger partial charge in [-0.1, -0.05) is 52.1 Å². The lowest BCUT2D eigenvalue weighted by Crippen LogP contribution is -2.77. The van der Waals surface area contributed by atoms with Crippen LogP contribution in [0.15, 0.2) is 48.7 Å². The smallest absolute Gasteiger partial charge is 0.255 e. The largest absolute Gasteiger partial charge is 0.489 e. The molecule has 0 bridgehead atoms. The van der Waals surface area contributed by atoms with Crippen LogP contribution >= 0.6 is 11.6 Å². The Morgan fingerprint density at radius 3 is 2.38 bits per heavy atom. The van der Waals surface area contributed by atoms with E-state index in [-0.39, 0.29) is 42.0 Å². The number of nitriles is 1. The molecule has 1 aliphatic carbocycles. The van der Waals surface area contributed by atoms with Gasteiger partial charge in [-0.2, -0.15) is 5.26 Å². The van der Waals surface area contributed by atoms with E-state index < -0.39 is 40.8 Å². The molecule has 2 saturated heterocycles. The monoisotopic (exact) mass is 811 g/mol. The summed E-state index contributed by atoms with van der Waals surface area (Å²) in [5, 5.41) is 9.55. The van der Waals surface area contributed by atoms with Gasteiger partial charge in [0, 0.05) is 73.5 Å². The van der Waals surface area contributed by atoms with Crippen LogP contribution in [0.5, 0.6) is 5.75 Å². The molecule has 12 nitrogen and oxygen atoms in total. The first-order valence-electron chi connectivity index (χ1n) is 20.2. The molecule has 4 heterocycles. The molecule has 1 saturated carbocycles. The lowest BCUT2D eigenvalue weighted by molar-refractivity contribution is -0.216. The number of carbonyl (C=O) groups excluding carboxylic acids is 4. The van der Waals surface area contributed by atoms with Crippen molar-refractivity contribution >= 4 is 40.9 Å². The zero-order chi connectivity index (χ0) is 41.5. The Balaban J connectivity index is 0.931. The van der Waals surface area contributed by atoms with Crippen molar-refractivity contribution in [2.75, 3.05) is 37.6 Å². The van der Waals surface area contributed by atoms with Crippen LogP contribution in [0.2, 0.25) is 5.02 Å². The average molecular weight is 812 g/mol. The van der Waals surface area contributed by atoms with Crippen LogP contribution < -0.4 is 15.4 Å². The van der Waals surface area contributed by atoms with E-state index in [0.717, 1.165) is 57.4 Å². The molecular weight excluding hydrogens is 761 g/mol. The van der Waals surface area contributed by atoms with Gasteiger partial charge in [0.1, 0.15) is 29.8 Å². The summed E-state index contributed by atoms with van der Waals surface area (Å²) in [6.45, 7) is 11.7. The van der Waals surface area contributed by atoms with E-state index in [1.165, 1.54) is 22.1 Å². The number of rotatable bonds is 13. The van der Waals surface area contributed by atoms with Crippen molar-refractivity contribution in [1.29, 1.82) is 5.26 Å². The summed E-state index contributed by atoms with van der Waals surface area (Å²) in [5.41, 5.74) is 7.01. The predicted octanol–water partition coefficient (Wildman–Crippen LogP) is 6.13. The number of benzene rings is 2. The lowest BCUT2D eigenvalue weighted by Gasteiger charge is -2.66. The number of primary amides is 1. The Hall–Kier alpha value is -5.06. The van der Waals surface area contributed by atoms with Crippen LogP contribution in [0, 0.1) is 28.0 Å². The van der Waals surface area contributed by atoms with Crippen LogP contribution in [-0.4, -0.2) is 94.2 Å². The number of pyridine rings is 1. The van der Waals surface area contributed by atoms with E-state index in [1.54, 1.807) is 30.3 Å². The number of imide groups is 1. The summed E-state index contributed by atoms with van der Waals surface area (Å²) in [5.74, 6) is -1.41. The number of nitrogens with zero attached hydrogens (tertiary/aromatic N) is 6. The zero-order valence-corrected chi connectivity index (χ0v) is 34.4. The van der Waals surface area contributed by atoms with Crippen LogP contribution in [-0.2, 0) is 22.6 Å². The van der Waals surface area contributed by atoms with E-state index in [0.29, 0.717) is 46.8 Å². The Morgan fingerprint density at radius 2 is 1.72 bits per heavy atom. The van der Waals surface area contributed by atoms with Crippen molar-refractivity contribution in [2.45, 2.75) is 97.4 Å². The van der Waals surface area contributed by atoms with Gasteiger partial charge in [0.05, 0.1) is 27.9 Å². The molecule has 3 fully saturated rings. The molecule has 0 radical (unpaired) electrons. The predicted molar refractivity (Wildman–Crippen MR) is 217 cm³/mol.